The van der Waals surface area contributed by atoms with Crippen molar-refractivity contribution in [1.82, 2.24) is 4.90 Å². The Bertz CT molecular complexity index is 895. The van der Waals surface area contributed by atoms with Crippen LogP contribution in [0.4, 0.5) is 0 Å². The molecule has 150 valence electrons. The Morgan fingerprint density at radius 2 is 1.72 bits per heavy atom. The Labute approximate surface area is 173 Å². The monoisotopic (exact) mass is 387 g/mol. The Kier molecular flexibility index (Phi) is 6.48. The minimum Gasteiger partial charge on any atom is -0.493 e. The molecule has 0 N–H and O–H groups in total. The first-order chi connectivity index (χ1) is 14.3. The van der Waals surface area contributed by atoms with Crippen LogP contribution in [0.3, 0.4) is 0 Å². The van der Waals surface area contributed by atoms with E-state index in [-0.39, 0.29) is 6.10 Å². The Balaban J connectivity index is 1.44. The quantitative estimate of drug-likeness (QED) is 0.498. The Morgan fingerprint density at radius 3 is 2.52 bits per heavy atom. The van der Waals surface area contributed by atoms with Crippen LogP contribution in [-0.4, -0.2) is 25.1 Å². The predicted molar refractivity (Wildman–Crippen MR) is 117 cm³/mol. The van der Waals surface area contributed by atoms with Crippen molar-refractivity contribution in [2.45, 2.75) is 31.9 Å². The molecule has 0 aliphatic carbocycles. The summed E-state index contributed by atoms with van der Waals surface area (Å²) in [5.41, 5.74) is 3.80. The zero-order valence-electron chi connectivity index (χ0n) is 17.1. The largest absolute Gasteiger partial charge is 0.493 e. The van der Waals surface area contributed by atoms with Crippen LogP contribution in [0.1, 0.15) is 35.6 Å². The van der Waals surface area contributed by atoms with Crippen LogP contribution in [0.5, 0.6) is 11.5 Å². The minimum absolute atomic E-state index is 0.0250. The molecule has 0 aromatic heterocycles. The predicted octanol–water partition coefficient (Wildman–Crippen LogP) is 5.65. The third-order valence-corrected chi connectivity index (χ3v) is 5.40. The highest BCUT2D eigenvalue weighted by molar-refractivity contribution is 5.41. The van der Waals surface area contributed by atoms with Gasteiger partial charge >= 0.3 is 0 Å². The lowest BCUT2D eigenvalue weighted by Crippen LogP contribution is -2.22. The molecule has 1 aliphatic rings. The lowest BCUT2D eigenvalue weighted by Gasteiger charge is -2.24. The summed E-state index contributed by atoms with van der Waals surface area (Å²) in [5.74, 6) is 1.93. The molecule has 4 rings (SSSR count). The smallest absolute Gasteiger partial charge is 0.125 e. The maximum absolute atomic E-state index is 6.49. The van der Waals surface area contributed by atoms with E-state index in [0.29, 0.717) is 0 Å². The molecular weight excluding hydrogens is 358 g/mol. The van der Waals surface area contributed by atoms with Gasteiger partial charge in [-0.3, -0.25) is 0 Å². The minimum atomic E-state index is 0.0250. The zero-order chi connectivity index (χ0) is 19.9. The van der Waals surface area contributed by atoms with Gasteiger partial charge in [-0.1, -0.05) is 60.7 Å². The van der Waals surface area contributed by atoms with Gasteiger partial charge in [0.1, 0.15) is 17.6 Å². The van der Waals surface area contributed by atoms with Crippen molar-refractivity contribution in [3.8, 4) is 11.5 Å². The van der Waals surface area contributed by atoms with E-state index >= 15 is 0 Å². The molecule has 1 unspecified atom stereocenters. The first-order valence-electron chi connectivity index (χ1n) is 10.5. The molecule has 0 saturated carbocycles. The first kappa shape index (κ1) is 19.5. The average molecular weight is 388 g/mol. The number of fused-ring (bicyclic) bond motifs is 1. The molecular formula is C26H29NO2. The Hall–Kier alpha value is -2.78. The highest BCUT2D eigenvalue weighted by Crippen LogP contribution is 2.32. The van der Waals surface area contributed by atoms with Gasteiger partial charge in [0.15, 0.2) is 0 Å². The van der Waals surface area contributed by atoms with Crippen LogP contribution in [0, 0.1) is 0 Å². The molecule has 3 nitrogen and oxygen atoms in total. The summed E-state index contributed by atoms with van der Waals surface area (Å²) in [6.45, 7) is 2.72. The van der Waals surface area contributed by atoms with Gasteiger partial charge in [0.05, 0.1) is 6.61 Å². The van der Waals surface area contributed by atoms with Crippen LogP contribution in [0.2, 0.25) is 0 Å². The van der Waals surface area contributed by atoms with E-state index in [2.05, 4.69) is 78.7 Å². The van der Waals surface area contributed by atoms with Crippen molar-refractivity contribution in [3.05, 3.63) is 95.6 Å². The van der Waals surface area contributed by atoms with Gasteiger partial charge < -0.3 is 14.4 Å². The number of benzene rings is 3. The van der Waals surface area contributed by atoms with E-state index in [1.54, 1.807) is 0 Å². The molecule has 1 atom stereocenters. The molecule has 0 radical (unpaired) electrons. The topological polar surface area (TPSA) is 21.7 Å². The summed E-state index contributed by atoms with van der Waals surface area (Å²) in [4.78, 5) is 2.36. The molecule has 3 aromatic carbocycles. The fourth-order valence-electron chi connectivity index (χ4n) is 3.85. The van der Waals surface area contributed by atoms with Crippen molar-refractivity contribution in [2.75, 3.05) is 20.2 Å². The van der Waals surface area contributed by atoms with Crippen molar-refractivity contribution in [1.29, 1.82) is 0 Å². The molecule has 0 fully saturated rings. The van der Waals surface area contributed by atoms with E-state index in [4.69, 9.17) is 9.47 Å². The number of hydrogen-bond acceptors (Lipinski definition) is 3. The molecule has 0 amide bonds. The second kappa shape index (κ2) is 9.62. The SMILES string of the molecule is CN(CCC(Oc1ccc2c(c1)CCCO2)c1ccccc1)Cc1ccccc1. The highest BCUT2D eigenvalue weighted by Gasteiger charge is 2.17. The van der Waals surface area contributed by atoms with E-state index in [1.807, 2.05) is 12.1 Å². The van der Waals surface area contributed by atoms with E-state index < -0.39 is 0 Å². The maximum Gasteiger partial charge on any atom is 0.125 e. The van der Waals surface area contributed by atoms with Crippen molar-refractivity contribution in [2.24, 2.45) is 0 Å². The fraction of sp³-hybridized carbons (Fsp3) is 0.308. The number of hydrogen-bond donors (Lipinski definition) is 0. The zero-order valence-corrected chi connectivity index (χ0v) is 17.1. The molecule has 1 aliphatic heterocycles. The number of aryl methyl sites for hydroxylation is 1. The van der Waals surface area contributed by atoms with E-state index in [0.717, 1.165) is 50.5 Å². The second-order valence-electron chi connectivity index (χ2n) is 7.75. The third kappa shape index (κ3) is 5.39. The summed E-state index contributed by atoms with van der Waals surface area (Å²) in [5, 5.41) is 0. The molecule has 29 heavy (non-hydrogen) atoms. The highest BCUT2D eigenvalue weighted by atomic mass is 16.5. The van der Waals surface area contributed by atoms with Crippen molar-refractivity contribution in [3.63, 3.8) is 0 Å². The molecule has 0 spiro atoms. The van der Waals surface area contributed by atoms with Gasteiger partial charge in [-0.05, 0) is 54.8 Å². The summed E-state index contributed by atoms with van der Waals surface area (Å²) < 4.78 is 12.2. The lowest BCUT2D eigenvalue weighted by atomic mass is 10.0. The normalized spacial score (nSPS) is 14.1. The van der Waals surface area contributed by atoms with Gasteiger partial charge in [0, 0.05) is 19.5 Å². The standard InChI is InChI=1S/C26H29NO2/c1-27(20-21-9-4-2-5-10-21)17-16-26(22-11-6-3-7-12-22)29-24-14-15-25-23(19-24)13-8-18-28-25/h2-7,9-12,14-15,19,26H,8,13,16-18,20H2,1H3. The molecule has 0 saturated heterocycles. The van der Waals surface area contributed by atoms with Crippen LogP contribution in [0.25, 0.3) is 0 Å². The summed E-state index contributed by atoms with van der Waals surface area (Å²) in [7, 11) is 2.17. The van der Waals surface area contributed by atoms with E-state index in [1.165, 1.54) is 16.7 Å². The van der Waals surface area contributed by atoms with Gasteiger partial charge in [0.25, 0.3) is 0 Å². The van der Waals surface area contributed by atoms with Crippen LogP contribution >= 0.6 is 0 Å². The fourth-order valence-corrected chi connectivity index (χ4v) is 3.85. The van der Waals surface area contributed by atoms with Crippen molar-refractivity contribution >= 4 is 0 Å². The van der Waals surface area contributed by atoms with Gasteiger partial charge in [-0.2, -0.15) is 0 Å². The maximum atomic E-state index is 6.49. The molecule has 1 heterocycles. The van der Waals surface area contributed by atoms with Gasteiger partial charge in [0.2, 0.25) is 0 Å². The number of nitrogens with zero attached hydrogens (tertiary/aromatic N) is 1. The third-order valence-electron chi connectivity index (χ3n) is 5.40. The molecule has 0 bridgehead atoms. The van der Waals surface area contributed by atoms with Gasteiger partial charge in [-0.15, -0.1) is 0 Å². The number of ether oxygens (including phenoxy) is 2. The first-order valence-corrected chi connectivity index (χ1v) is 10.5. The lowest BCUT2D eigenvalue weighted by molar-refractivity contribution is 0.170. The van der Waals surface area contributed by atoms with Gasteiger partial charge in [-0.25, -0.2) is 0 Å². The van der Waals surface area contributed by atoms with Crippen molar-refractivity contribution < 1.29 is 9.47 Å². The summed E-state index contributed by atoms with van der Waals surface area (Å²) in [6, 6.07) is 27.4. The van der Waals surface area contributed by atoms with Crippen LogP contribution in [-0.2, 0) is 13.0 Å². The molecule has 3 heteroatoms. The average Bonchev–Trinajstić information content (AvgIpc) is 2.78. The van der Waals surface area contributed by atoms with E-state index in [9.17, 15) is 0 Å². The molecule has 3 aromatic rings. The number of rotatable bonds is 8. The summed E-state index contributed by atoms with van der Waals surface area (Å²) >= 11 is 0. The van der Waals surface area contributed by atoms with Crippen LogP contribution in [0.15, 0.2) is 78.9 Å². The summed E-state index contributed by atoms with van der Waals surface area (Å²) in [6.07, 6.45) is 3.09. The van der Waals surface area contributed by atoms with Crippen LogP contribution < -0.4 is 9.47 Å². The second-order valence-corrected chi connectivity index (χ2v) is 7.75. The Morgan fingerprint density at radius 1 is 0.966 bits per heavy atom.